The monoisotopic (exact) mass is 221 g/mol. The van der Waals surface area contributed by atoms with Crippen molar-refractivity contribution in [3.63, 3.8) is 0 Å². The second-order valence-electron chi connectivity index (χ2n) is 7.00. The minimum absolute atomic E-state index is 0.694. The molecule has 1 heteroatoms. The van der Waals surface area contributed by atoms with Crippen LogP contribution in [0.4, 0.5) is 0 Å². The first-order valence-corrected chi connectivity index (χ1v) is 7.46. The van der Waals surface area contributed by atoms with Crippen LogP contribution in [0.1, 0.15) is 58.3 Å². The van der Waals surface area contributed by atoms with Gasteiger partial charge in [-0.3, -0.25) is 0 Å². The highest BCUT2D eigenvalue weighted by atomic mass is 14.6. The van der Waals surface area contributed by atoms with E-state index in [0.29, 0.717) is 5.41 Å². The lowest BCUT2D eigenvalue weighted by molar-refractivity contribution is -0.0869. The van der Waals surface area contributed by atoms with Gasteiger partial charge in [0.15, 0.2) is 0 Å². The fourth-order valence-electron chi connectivity index (χ4n) is 5.70. The molecule has 1 nitrogen and oxygen atoms in total. The number of nitrogens with two attached hydrogens (primary N) is 1. The summed E-state index contributed by atoms with van der Waals surface area (Å²) in [5, 5.41) is 0. The molecular weight excluding hydrogens is 194 g/mol. The molecule has 4 aliphatic rings. The van der Waals surface area contributed by atoms with Gasteiger partial charge in [-0.15, -0.1) is 0 Å². The number of rotatable bonds is 4. The largest absolute Gasteiger partial charge is 0.330 e. The van der Waals surface area contributed by atoms with Gasteiger partial charge in [0, 0.05) is 0 Å². The van der Waals surface area contributed by atoms with Crippen LogP contribution in [-0.2, 0) is 0 Å². The van der Waals surface area contributed by atoms with Gasteiger partial charge in [0.05, 0.1) is 0 Å². The summed E-state index contributed by atoms with van der Waals surface area (Å²) in [7, 11) is 0. The Morgan fingerprint density at radius 2 is 1.56 bits per heavy atom. The molecule has 4 bridgehead atoms. The third-order valence-electron chi connectivity index (χ3n) is 5.87. The SMILES string of the molecule is CCCC(CN)C12CC3CC(CC(C3)C1)C2. The molecule has 4 rings (SSSR count). The molecule has 92 valence electrons. The van der Waals surface area contributed by atoms with E-state index < -0.39 is 0 Å². The summed E-state index contributed by atoms with van der Waals surface area (Å²) in [5.74, 6) is 4.08. The Morgan fingerprint density at radius 1 is 1.06 bits per heavy atom. The van der Waals surface area contributed by atoms with Crippen molar-refractivity contribution < 1.29 is 0 Å². The van der Waals surface area contributed by atoms with E-state index in [9.17, 15) is 0 Å². The molecule has 4 saturated carbocycles. The zero-order valence-corrected chi connectivity index (χ0v) is 10.8. The Bertz CT molecular complexity index is 223. The summed E-state index contributed by atoms with van der Waals surface area (Å²) in [6.45, 7) is 3.27. The van der Waals surface area contributed by atoms with Crippen molar-refractivity contribution >= 4 is 0 Å². The van der Waals surface area contributed by atoms with Gasteiger partial charge in [-0.2, -0.15) is 0 Å². The molecular formula is C15H27N. The van der Waals surface area contributed by atoms with Crippen molar-refractivity contribution in [1.29, 1.82) is 0 Å². The predicted octanol–water partition coefficient (Wildman–Crippen LogP) is 3.58. The van der Waals surface area contributed by atoms with Gasteiger partial charge in [-0.05, 0) is 80.6 Å². The van der Waals surface area contributed by atoms with Crippen LogP contribution in [0.25, 0.3) is 0 Å². The second kappa shape index (κ2) is 4.01. The summed E-state index contributed by atoms with van der Waals surface area (Å²) in [6.07, 6.45) is 12.0. The Morgan fingerprint density at radius 3 is 1.94 bits per heavy atom. The lowest BCUT2D eigenvalue weighted by Gasteiger charge is -2.59. The third-order valence-corrected chi connectivity index (χ3v) is 5.87. The van der Waals surface area contributed by atoms with E-state index in [2.05, 4.69) is 6.92 Å². The zero-order valence-electron chi connectivity index (χ0n) is 10.8. The molecule has 0 aliphatic heterocycles. The summed E-state index contributed by atoms with van der Waals surface area (Å²) >= 11 is 0. The number of hydrogen-bond donors (Lipinski definition) is 1. The molecule has 4 aliphatic carbocycles. The molecule has 0 radical (unpaired) electrons. The van der Waals surface area contributed by atoms with Crippen LogP contribution in [0, 0.1) is 29.1 Å². The van der Waals surface area contributed by atoms with Gasteiger partial charge >= 0.3 is 0 Å². The molecule has 0 amide bonds. The van der Waals surface area contributed by atoms with E-state index in [4.69, 9.17) is 5.73 Å². The molecule has 2 N–H and O–H groups in total. The molecule has 0 aromatic heterocycles. The topological polar surface area (TPSA) is 26.0 Å². The Hall–Kier alpha value is -0.0400. The predicted molar refractivity (Wildman–Crippen MR) is 68.1 cm³/mol. The fourth-order valence-corrected chi connectivity index (χ4v) is 5.70. The minimum atomic E-state index is 0.694. The van der Waals surface area contributed by atoms with E-state index in [0.717, 1.165) is 30.2 Å². The van der Waals surface area contributed by atoms with Crippen molar-refractivity contribution in [2.45, 2.75) is 58.3 Å². The van der Waals surface area contributed by atoms with Gasteiger partial charge in [0.1, 0.15) is 0 Å². The maximum Gasteiger partial charge on any atom is -0.00436 e. The first-order chi connectivity index (χ1) is 7.75. The maximum absolute atomic E-state index is 6.08. The zero-order chi connectivity index (χ0) is 11.2. The summed E-state index contributed by atoms with van der Waals surface area (Å²) in [4.78, 5) is 0. The average molecular weight is 221 g/mol. The molecule has 0 saturated heterocycles. The van der Waals surface area contributed by atoms with Gasteiger partial charge in [-0.25, -0.2) is 0 Å². The van der Waals surface area contributed by atoms with Gasteiger partial charge in [0.25, 0.3) is 0 Å². The van der Waals surface area contributed by atoms with Crippen LogP contribution in [0.5, 0.6) is 0 Å². The highest BCUT2D eigenvalue weighted by Gasteiger charge is 2.53. The normalized spacial score (nSPS) is 47.2. The third kappa shape index (κ3) is 1.63. The van der Waals surface area contributed by atoms with Crippen LogP contribution >= 0.6 is 0 Å². The van der Waals surface area contributed by atoms with Crippen LogP contribution in [0.15, 0.2) is 0 Å². The van der Waals surface area contributed by atoms with Crippen molar-refractivity contribution in [2.75, 3.05) is 6.54 Å². The van der Waals surface area contributed by atoms with Crippen molar-refractivity contribution in [1.82, 2.24) is 0 Å². The molecule has 16 heavy (non-hydrogen) atoms. The average Bonchev–Trinajstić information content (AvgIpc) is 2.23. The van der Waals surface area contributed by atoms with Crippen LogP contribution < -0.4 is 5.73 Å². The summed E-state index contributed by atoms with van der Waals surface area (Å²) in [5.41, 5.74) is 6.77. The lowest BCUT2D eigenvalue weighted by Crippen LogP contribution is -2.51. The molecule has 4 fully saturated rings. The molecule has 0 heterocycles. The fraction of sp³-hybridized carbons (Fsp3) is 1.00. The van der Waals surface area contributed by atoms with Crippen molar-refractivity contribution in [3.05, 3.63) is 0 Å². The second-order valence-corrected chi connectivity index (χ2v) is 7.00. The molecule has 0 aromatic carbocycles. The summed E-state index contributed by atoms with van der Waals surface area (Å²) < 4.78 is 0. The summed E-state index contributed by atoms with van der Waals surface area (Å²) in [6, 6.07) is 0. The highest BCUT2D eigenvalue weighted by molar-refractivity contribution is 5.04. The highest BCUT2D eigenvalue weighted by Crippen LogP contribution is 2.63. The van der Waals surface area contributed by atoms with Crippen molar-refractivity contribution in [2.24, 2.45) is 34.8 Å². The van der Waals surface area contributed by atoms with Gasteiger partial charge in [-0.1, -0.05) is 13.3 Å². The minimum Gasteiger partial charge on any atom is -0.330 e. The Balaban J connectivity index is 1.81. The molecule has 1 unspecified atom stereocenters. The van der Waals surface area contributed by atoms with E-state index in [1.807, 2.05) is 0 Å². The Labute approximate surface area is 100 Å². The standard InChI is InChI=1S/C15H27N/c1-2-3-14(10-16)15-7-11-4-12(8-15)6-13(5-11)9-15/h11-14H,2-10,16H2,1H3. The van der Waals surface area contributed by atoms with E-state index in [1.54, 1.807) is 19.3 Å². The quantitative estimate of drug-likeness (QED) is 0.771. The first kappa shape index (κ1) is 11.1. The maximum atomic E-state index is 6.08. The van der Waals surface area contributed by atoms with E-state index in [-0.39, 0.29) is 0 Å². The van der Waals surface area contributed by atoms with E-state index >= 15 is 0 Å². The van der Waals surface area contributed by atoms with Gasteiger partial charge < -0.3 is 5.73 Å². The van der Waals surface area contributed by atoms with Crippen LogP contribution in [0.3, 0.4) is 0 Å². The molecule has 0 spiro atoms. The Kier molecular flexibility index (Phi) is 2.78. The first-order valence-electron chi connectivity index (χ1n) is 7.46. The molecule has 1 atom stereocenters. The smallest absolute Gasteiger partial charge is 0.00436 e. The van der Waals surface area contributed by atoms with Gasteiger partial charge in [0.2, 0.25) is 0 Å². The lowest BCUT2D eigenvalue weighted by atomic mass is 9.46. The molecule has 0 aromatic rings. The van der Waals surface area contributed by atoms with Crippen molar-refractivity contribution in [3.8, 4) is 0 Å². The van der Waals surface area contributed by atoms with Crippen LogP contribution in [-0.4, -0.2) is 6.54 Å². The van der Waals surface area contributed by atoms with Crippen LogP contribution in [0.2, 0.25) is 0 Å². The number of hydrogen-bond acceptors (Lipinski definition) is 1. The van der Waals surface area contributed by atoms with E-state index in [1.165, 1.54) is 32.1 Å².